The SMILES string of the molecule is Cc1csc(NC(=O)CN2CCCc3ccccc32)n1. The third kappa shape index (κ3) is 2.82. The molecule has 0 radical (unpaired) electrons. The van der Waals surface area contributed by atoms with Gasteiger partial charge in [-0.05, 0) is 31.4 Å². The minimum atomic E-state index is -0.00365. The van der Waals surface area contributed by atoms with E-state index in [-0.39, 0.29) is 5.91 Å². The summed E-state index contributed by atoms with van der Waals surface area (Å²) in [6.07, 6.45) is 2.20. The quantitative estimate of drug-likeness (QED) is 0.944. The normalized spacial score (nSPS) is 13.9. The summed E-state index contributed by atoms with van der Waals surface area (Å²) < 4.78 is 0. The summed E-state index contributed by atoms with van der Waals surface area (Å²) in [5.74, 6) is -0.00365. The van der Waals surface area contributed by atoms with Crippen molar-refractivity contribution in [1.82, 2.24) is 4.98 Å². The fraction of sp³-hybridized carbons (Fsp3) is 0.333. The molecule has 2 aromatic rings. The maximum absolute atomic E-state index is 12.1. The van der Waals surface area contributed by atoms with Crippen molar-refractivity contribution in [2.75, 3.05) is 23.3 Å². The number of amides is 1. The Hall–Kier alpha value is -1.88. The van der Waals surface area contributed by atoms with E-state index in [1.54, 1.807) is 0 Å². The Kier molecular flexibility index (Phi) is 3.69. The first-order valence-electron chi connectivity index (χ1n) is 6.77. The maximum Gasteiger partial charge on any atom is 0.245 e. The Balaban J connectivity index is 1.68. The van der Waals surface area contributed by atoms with Crippen molar-refractivity contribution in [3.8, 4) is 0 Å². The summed E-state index contributed by atoms with van der Waals surface area (Å²) in [4.78, 5) is 18.5. The van der Waals surface area contributed by atoms with Gasteiger partial charge in [-0.25, -0.2) is 4.98 Å². The van der Waals surface area contributed by atoms with Gasteiger partial charge in [-0.2, -0.15) is 0 Å². The van der Waals surface area contributed by atoms with Gasteiger partial charge in [-0.1, -0.05) is 18.2 Å². The minimum Gasteiger partial charge on any atom is -0.362 e. The van der Waals surface area contributed by atoms with Crippen LogP contribution in [-0.4, -0.2) is 24.0 Å². The average molecular weight is 287 g/mol. The third-order valence-electron chi connectivity index (χ3n) is 3.41. The van der Waals surface area contributed by atoms with E-state index in [1.165, 1.54) is 22.6 Å². The molecule has 1 aliphatic rings. The lowest BCUT2D eigenvalue weighted by atomic mass is 10.0. The lowest BCUT2D eigenvalue weighted by Crippen LogP contribution is -2.36. The smallest absolute Gasteiger partial charge is 0.245 e. The molecule has 0 spiro atoms. The largest absolute Gasteiger partial charge is 0.362 e. The molecule has 5 heteroatoms. The van der Waals surface area contributed by atoms with Gasteiger partial charge in [0.15, 0.2) is 5.13 Å². The van der Waals surface area contributed by atoms with Crippen molar-refractivity contribution in [2.24, 2.45) is 0 Å². The second kappa shape index (κ2) is 5.63. The number of benzene rings is 1. The number of thiazole rings is 1. The third-order valence-corrected chi connectivity index (χ3v) is 4.28. The Morgan fingerprint density at radius 1 is 1.45 bits per heavy atom. The predicted octanol–water partition coefficient (Wildman–Crippen LogP) is 2.84. The van der Waals surface area contributed by atoms with Gasteiger partial charge in [0.1, 0.15) is 0 Å². The highest BCUT2D eigenvalue weighted by atomic mass is 32.1. The van der Waals surface area contributed by atoms with E-state index in [0.29, 0.717) is 11.7 Å². The predicted molar refractivity (Wildman–Crippen MR) is 82.5 cm³/mol. The fourth-order valence-corrected chi connectivity index (χ4v) is 3.22. The lowest BCUT2D eigenvalue weighted by molar-refractivity contribution is -0.115. The van der Waals surface area contributed by atoms with Crippen LogP contribution in [0.3, 0.4) is 0 Å². The average Bonchev–Trinajstić information content (AvgIpc) is 2.84. The zero-order valence-electron chi connectivity index (χ0n) is 11.4. The molecule has 2 heterocycles. The number of fused-ring (bicyclic) bond motifs is 1. The number of anilines is 2. The molecule has 1 aromatic heterocycles. The van der Waals surface area contributed by atoms with E-state index in [2.05, 4.69) is 33.4 Å². The Morgan fingerprint density at radius 3 is 3.10 bits per heavy atom. The van der Waals surface area contributed by atoms with Crippen molar-refractivity contribution in [2.45, 2.75) is 19.8 Å². The molecule has 20 heavy (non-hydrogen) atoms. The lowest BCUT2D eigenvalue weighted by Gasteiger charge is -2.30. The van der Waals surface area contributed by atoms with Crippen LogP contribution < -0.4 is 10.2 Å². The minimum absolute atomic E-state index is 0.00365. The van der Waals surface area contributed by atoms with Crippen LogP contribution >= 0.6 is 11.3 Å². The van der Waals surface area contributed by atoms with Crippen LogP contribution in [0.15, 0.2) is 29.6 Å². The van der Waals surface area contributed by atoms with E-state index < -0.39 is 0 Å². The molecule has 0 fully saturated rings. The summed E-state index contributed by atoms with van der Waals surface area (Å²) in [5.41, 5.74) is 3.45. The number of hydrogen-bond acceptors (Lipinski definition) is 4. The molecule has 1 amide bonds. The van der Waals surface area contributed by atoms with E-state index in [4.69, 9.17) is 0 Å². The number of para-hydroxylation sites is 1. The first kappa shape index (κ1) is 13.1. The van der Waals surface area contributed by atoms with Crippen molar-refractivity contribution in [3.05, 3.63) is 40.9 Å². The Bertz CT molecular complexity index is 623. The van der Waals surface area contributed by atoms with Gasteiger partial charge in [0.2, 0.25) is 5.91 Å². The number of nitrogens with one attached hydrogen (secondary N) is 1. The van der Waals surface area contributed by atoms with E-state index >= 15 is 0 Å². The van der Waals surface area contributed by atoms with Gasteiger partial charge < -0.3 is 10.2 Å². The summed E-state index contributed by atoms with van der Waals surface area (Å²) >= 11 is 1.46. The maximum atomic E-state index is 12.1. The van der Waals surface area contributed by atoms with Crippen LogP contribution in [0, 0.1) is 6.92 Å². The second-order valence-electron chi connectivity index (χ2n) is 5.00. The highest BCUT2D eigenvalue weighted by Crippen LogP contribution is 2.26. The Labute approximate surface area is 122 Å². The molecule has 0 aliphatic carbocycles. The number of aryl methyl sites for hydroxylation is 2. The van der Waals surface area contributed by atoms with Gasteiger partial charge in [0, 0.05) is 17.6 Å². The summed E-state index contributed by atoms with van der Waals surface area (Å²) in [7, 11) is 0. The summed E-state index contributed by atoms with van der Waals surface area (Å²) in [5, 5.41) is 5.48. The molecule has 0 unspecified atom stereocenters. The highest BCUT2D eigenvalue weighted by Gasteiger charge is 2.18. The first-order chi connectivity index (χ1) is 9.72. The molecule has 0 atom stereocenters. The van der Waals surface area contributed by atoms with Crippen LogP contribution in [-0.2, 0) is 11.2 Å². The molecule has 0 bridgehead atoms. The molecule has 1 N–H and O–H groups in total. The first-order valence-corrected chi connectivity index (χ1v) is 7.65. The fourth-order valence-electron chi connectivity index (χ4n) is 2.52. The molecule has 104 valence electrons. The van der Waals surface area contributed by atoms with Crippen LogP contribution in [0.25, 0.3) is 0 Å². The van der Waals surface area contributed by atoms with Gasteiger partial charge in [-0.15, -0.1) is 11.3 Å². The highest BCUT2D eigenvalue weighted by molar-refractivity contribution is 7.13. The zero-order chi connectivity index (χ0) is 13.9. The molecule has 0 saturated carbocycles. The Morgan fingerprint density at radius 2 is 2.30 bits per heavy atom. The number of nitrogens with zero attached hydrogens (tertiary/aromatic N) is 2. The number of carbonyl (C=O) groups excluding carboxylic acids is 1. The molecular weight excluding hydrogens is 270 g/mol. The van der Waals surface area contributed by atoms with Gasteiger partial charge >= 0.3 is 0 Å². The number of aromatic nitrogens is 1. The molecule has 1 aromatic carbocycles. The van der Waals surface area contributed by atoms with E-state index in [1.807, 2.05) is 18.4 Å². The van der Waals surface area contributed by atoms with E-state index in [9.17, 15) is 4.79 Å². The molecule has 0 saturated heterocycles. The van der Waals surface area contributed by atoms with Crippen molar-refractivity contribution in [1.29, 1.82) is 0 Å². The standard InChI is InChI=1S/C15H17N3OS/c1-11-10-20-15(16-11)17-14(19)9-18-8-4-6-12-5-2-3-7-13(12)18/h2-3,5,7,10H,4,6,8-9H2,1H3,(H,16,17,19). The zero-order valence-corrected chi connectivity index (χ0v) is 12.2. The summed E-state index contributed by atoms with van der Waals surface area (Å²) in [6.45, 7) is 3.24. The van der Waals surface area contributed by atoms with Crippen molar-refractivity contribution < 1.29 is 4.79 Å². The van der Waals surface area contributed by atoms with E-state index in [0.717, 1.165) is 25.1 Å². The molecule has 3 rings (SSSR count). The molecule has 1 aliphatic heterocycles. The van der Waals surface area contributed by atoms with Crippen molar-refractivity contribution in [3.63, 3.8) is 0 Å². The van der Waals surface area contributed by atoms with Crippen LogP contribution in [0.1, 0.15) is 17.7 Å². The monoisotopic (exact) mass is 287 g/mol. The molecule has 4 nitrogen and oxygen atoms in total. The van der Waals surface area contributed by atoms with Crippen molar-refractivity contribution >= 4 is 28.1 Å². The topological polar surface area (TPSA) is 45.2 Å². The van der Waals surface area contributed by atoms with Crippen LogP contribution in [0.2, 0.25) is 0 Å². The van der Waals surface area contributed by atoms with Crippen LogP contribution in [0.4, 0.5) is 10.8 Å². The van der Waals surface area contributed by atoms with Gasteiger partial charge in [-0.3, -0.25) is 4.79 Å². The second-order valence-corrected chi connectivity index (χ2v) is 5.85. The van der Waals surface area contributed by atoms with Gasteiger partial charge in [0.05, 0.1) is 12.2 Å². The number of hydrogen-bond donors (Lipinski definition) is 1. The molecular formula is C15H17N3OS. The van der Waals surface area contributed by atoms with Crippen LogP contribution in [0.5, 0.6) is 0 Å². The number of rotatable bonds is 3. The van der Waals surface area contributed by atoms with Gasteiger partial charge in [0.25, 0.3) is 0 Å². The summed E-state index contributed by atoms with van der Waals surface area (Å²) in [6, 6.07) is 8.32. The number of carbonyl (C=O) groups is 1.